The predicted octanol–water partition coefficient (Wildman–Crippen LogP) is 3.04. The van der Waals surface area contributed by atoms with Crippen LogP contribution in [0.3, 0.4) is 0 Å². The van der Waals surface area contributed by atoms with Crippen LogP contribution in [0.1, 0.15) is 48.0 Å². The first-order chi connectivity index (χ1) is 5.13. The molecule has 0 radical (unpaired) electrons. The predicted molar refractivity (Wildman–Crippen MR) is 51.0 cm³/mol. The highest BCUT2D eigenvalue weighted by atomic mass is 16.1. The van der Waals surface area contributed by atoms with Crippen LogP contribution in [-0.2, 0) is 4.79 Å². The fourth-order valence-corrected chi connectivity index (χ4v) is 2.46. The third-order valence-corrected chi connectivity index (χ3v) is 4.01. The van der Waals surface area contributed by atoms with E-state index in [0.717, 1.165) is 6.42 Å². The minimum absolute atomic E-state index is 0.0891. The van der Waals surface area contributed by atoms with E-state index in [9.17, 15) is 4.79 Å². The molecular weight excluding hydrogens is 148 g/mol. The Morgan fingerprint density at radius 2 is 1.58 bits per heavy atom. The van der Waals surface area contributed by atoms with Crippen molar-refractivity contribution in [2.75, 3.05) is 0 Å². The molecule has 0 amide bonds. The average Bonchev–Trinajstić information content (AvgIpc) is 1.83. The zero-order valence-corrected chi connectivity index (χ0v) is 9.12. The molecule has 1 atom stereocenters. The molecule has 70 valence electrons. The van der Waals surface area contributed by atoms with E-state index in [1.807, 2.05) is 0 Å². The summed E-state index contributed by atoms with van der Waals surface area (Å²) in [4.78, 5) is 11.6. The molecular formula is C11H20O. The first-order valence-corrected chi connectivity index (χ1v) is 4.66. The lowest BCUT2D eigenvalue weighted by molar-refractivity contribution is -0.170. The molecule has 0 aromatic carbocycles. The molecule has 0 aromatic heterocycles. The molecule has 1 aliphatic carbocycles. The smallest absolute Gasteiger partial charge is 0.140 e. The minimum atomic E-state index is -0.125. The zero-order chi connectivity index (χ0) is 9.78. The third kappa shape index (κ3) is 0.884. The van der Waals surface area contributed by atoms with Crippen LogP contribution in [0.15, 0.2) is 0 Å². The van der Waals surface area contributed by atoms with Gasteiger partial charge in [0.25, 0.3) is 0 Å². The van der Waals surface area contributed by atoms with E-state index < -0.39 is 0 Å². The van der Waals surface area contributed by atoms with Gasteiger partial charge in [0.2, 0.25) is 0 Å². The summed E-state index contributed by atoms with van der Waals surface area (Å²) in [6.45, 7) is 13.0. The average molecular weight is 168 g/mol. The summed E-state index contributed by atoms with van der Waals surface area (Å²) >= 11 is 0. The molecule has 0 aliphatic heterocycles. The van der Waals surface area contributed by atoms with Gasteiger partial charge in [-0.25, -0.2) is 0 Å². The first-order valence-electron chi connectivity index (χ1n) is 4.66. The molecule has 1 rings (SSSR count). The van der Waals surface area contributed by atoms with Crippen molar-refractivity contribution >= 4 is 5.78 Å². The Morgan fingerprint density at radius 3 is 1.67 bits per heavy atom. The molecule has 0 bridgehead atoms. The summed E-state index contributed by atoms with van der Waals surface area (Å²) < 4.78 is 0. The van der Waals surface area contributed by atoms with E-state index in [-0.39, 0.29) is 16.2 Å². The molecule has 12 heavy (non-hydrogen) atoms. The van der Waals surface area contributed by atoms with E-state index in [1.165, 1.54) is 0 Å². The van der Waals surface area contributed by atoms with Gasteiger partial charge in [-0.05, 0) is 10.8 Å². The van der Waals surface area contributed by atoms with E-state index in [0.29, 0.717) is 5.78 Å². The summed E-state index contributed by atoms with van der Waals surface area (Å²) in [7, 11) is 0. The molecule has 0 N–H and O–H groups in total. The fourth-order valence-electron chi connectivity index (χ4n) is 2.46. The molecule has 0 spiro atoms. The second-order valence-corrected chi connectivity index (χ2v) is 5.86. The van der Waals surface area contributed by atoms with Crippen LogP contribution < -0.4 is 0 Å². The van der Waals surface area contributed by atoms with Crippen LogP contribution >= 0.6 is 0 Å². The molecule has 0 saturated heterocycles. The van der Waals surface area contributed by atoms with Crippen molar-refractivity contribution in [3.63, 3.8) is 0 Å². The van der Waals surface area contributed by atoms with Crippen LogP contribution in [0, 0.1) is 16.2 Å². The SMILES string of the molecule is CC(C)(C)C1(C)C(=O)CC1(C)C. The molecule has 0 heterocycles. The zero-order valence-electron chi connectivity index (χ0n) is 9.12. The monoisotopic (exact) mass is 168 g/mol. The van der Waals surface area contributed by atoms with Crippen LogP contribution in [0.2, 0.25) is 0 Å². The third-order valence-electron chi connectivity index (χ3n) is 4.01. The normalized spacial score (nSPS) is 34.7. The van der Waals surface area contributed by atoms with E-state index in [2.05, 4.69) is 41.5 Å². The molecule has 1 saturated carbocycles. The molecule has 1 aliphatic rings. The van der Waals surface area contributed by atoms with Crippen molar-refractivity contribution in [1.82, 2.24) is 0 Å². The molecule has 1 fully saturated rings. The van der Waals surface area contributed by atoms with Gasteiger partial charge in [0.1, 0.15) is 5.78 Å². The molecule has 1 nitrogen and oxygen atoms in total. The fraction of sp³-hybridized carbons (Fsp3) is 0.909. The van der Waals surface area contributed by atoms with Gasteiger partial charge in [0.05, 0.1) is 0 Å². The van der Waals surface area contributed by atoms with Crippen LogP contribution in [0.5, 0.6) is 0 Å². The van der Waals surface area contributed by atoms with Gasteiger partial charge in [-0.1, -0.05) is 41.5 Å². The number of hydrogen-bond acceptors (Lipinski definition) is 1. The van der Waals surface area contributed by atoms with Crippen molar-refractivity contribution in [3.05, 3.63) is 0 Å². The molecule has 0 aromatic rings. The van der Waals surface area contributed by atoms with Gasteiger partial charge >= 0.3 is 0 Å². The number of carbonyl (C=O) groups is 1. The Hall–Kier alpha value is -0.330. The maximum atomic E-state index is 11.6. The topological polar surface area (TPSA) is 17.1 Å². The van der Waals surface area contributed by atoms with Gasteiger partial charge in [-0.3, -0.25) is 4.79 Å². The van der Waals surface area contributed by atoms with E-state index >= 15 is 0 Å². The van der Waals surface area contributed by atoms with E-state index in [1.54, 1.807) is 0 Å². The number of carbonyl (C=O) groups excluding carboxylic acids is 1. The van der Waals surface area contributed by atoms with Gasteiger partial charge in [-0.2, -0.15) is 0 Å². The van der Waals surface area contributed by atoms with Crippen molar-refractivity contribution in [3.8, 4) is 0 Å². The Balaban J connectivity index is 3.06. The van der Waals surface area contributed by atoms with Crippen molar-refractivity contribution in [2.45, 2.75) is 48.0 Å². The van der Waals surface area contributed by atoms with Gasteiger partial charge in [0, 0.05) is 11.8 Å². The Morgan fingerprint density at radius 1 is 1.17 bits per heavy atom. The standard InChI is InChI=1S/C11H20O/c1-9(2,3)11(6)8(12)7-10(11,4)5/h7H2,1-6H3. The quantitative estimate of drug-likeness (QED) is 0.543. The van der Waals surface area contributed by atoms with Crippen LogP contribution in [-0.4, -0.2) is 5.78 Å². The Kier molecular flexibility index (Phi) is 1.73. The maximum Gasteiger partial charge on any atom is 0.140 e. The second-order valence-electron chi connectivity index (χ2n) is 5.86. The van der Waals surface area contributed by atoms with Gasteiger partial charge in [-0.15, -0.1) is 0 Å². The summed E-state index contributed by atoms with van der Waals surface area (Å²) in [5, 5.41) is 0. The summed E-state index contributed by atoms with van der Waals surface area (Å²) in [5.41, 5.74) is 0.147. The summed E-state index contributed by atoms with van der Waals surface area (Å²) in [6, 6.07) is 0. The largest absolute Gasteiger partial charge is 0.299 e. The number of Topliss-reactive ketones (excluding diaryl/α,β-unsaturated/α-hetero) is 1. The van der Waals surface area contributed by atoms with Crippen LogP contribution in [0.25, 0.3) is 0 Å². The van der Waals surface area contributed by atoms with Crippen molar-refractivity contribution in [1.29, 1.82) is 0 Å². The number of rotatable bonds is 0. The Bertz CT molecular complexity index is 208. The highest BCUT2D eigenvalue weighted by molar-refractivity contribution is 5.93. The van der Waals surface area contributed by atoms with Crippen molar-refractivity contribution < 1.29 is 4.79 Å². The van der Waals surface area contributed by atoms with E-state index in [4.69, 9.17) is 0 Å². The maximum absolute atomic E-state index is 11.6. The van der Waals surface area contributed by atoms with Crippen LogP contribution in [0.4, 0.5) is 0 Å². The summed E-state index contributed by atoms with van der Waals surface area (Å²) in [5.74, 6) is 0.431. The second kappa shape index (κ2) is 2.12. The Labute approximate surface area is 75.5 Å². The highest BCUT2D eigenvalue weighted by Crippen LogP contribution is 2.61. The minimum Gasteiger partial charge on any atom is -0.299 e. The highest BCUT2D eigenvalue weighted by Gasteiger charge is 2.62. The molecule has 1 heteroatoms. The lowest BCUT2D eigenvalue weighted by atomic mass is 9.43. The lowest BCUT2D eigenvalue weighted by Gasteiger charge is -2.59. The lowest BCUT2D eigenvalue weighted by Crippen LogP contribution is -2.60. The molecule has 1 unspecified atom stereocenters. The van der Waals surface area contributed by atoms with Gasteiger partial charge in [0.15, 0.2) is 0 Å². The first kappa shape index (κ1) is 9.76. The summed E-state index contributed by atoms with van der Waals surface area (Å²) in [6.07, 6.45) is 0.751. The van der Waals surface area contributed by atoms with Crippen molar-refractivity contribution in [2.24, 2.45) is 16.2 Å². The number of hydrogen-bond donors (Lipinski definition) is 0. The van der Waals surface area contributed by atoms with Gasteiger partial charge < -0.3 is 0 Å². The number of ketones is 1.